The van der Waals surface area contributed by atoms with Gasteiger partial charge in [0.25, 0.3) is 11.6 Å². The highest BCUT2D eigenvalue weighted by Gasteiger charge is 2.28. The lowest BCUT2D eigenvalue weighted by Crippen LogP contribution is -2.26. The quantitative estimate of drug-likeness (QED) is 0.187. The molecule has 1 N–H and O–H groups in total. The largest absolute Gasteiger partial charge is 0.444 e. The number of esters is 1. The Bertz CT molecular complexity index is 1580. The number of non-ortho nitro benzene ring substituents is 1. The number of halogens is 2. The number of amides is 1. The highest BCUT2D eigenvalue weighted by Crippen LogP contribution is 2.30. The van der Waals surface area contributed by atoms with Gasteiger partial charge in [-0.15, -0.1) is 0 Å². The number of rotatable bonds is 6. The normalized spacial score (nSPS) is 11.8. The molecular formula is C24H18Br2N4O6. The van der Waals surface area contributed by atoms with Crippen LogP contribution in [-0.2, 0) is 23.6 Å². The van der Waals surface area contributed by atoms with E-state index in [1.54, 1.807) is 50.5 Å². The molecular weight excluding hydrogens is 600 g/mol. The van der Waals surface area contributed by atoms with Gasteiger partial charge in [-0.3, -0.25) is 24.0 Å². The Morgan fingerprint density at radius 3 is 2.22 bits per heavy atom. The maximum atomic E-state index is 13.2. The summed E-state index contributed by atoms with van der Waals surface area (Å²) in [4.78, 5) is 49.2. The van der Waals surface area contributed by atoms with Crippen LogP contribution in [0.3, 0.4) is 0 Å². The fraction of sp³-hybridized carbons (Fsp3) is 0.125. The predicted octanol–water partition coefficient (Wildman–Crippen LogP) is 4.85. The highest BCUT2D eigenvalue weighted by atomic mass is 79.9. The highest BCUT2D eigenvalue weighted by molar-refractivity contribution is 9.11. The first kappa shape index (κ1) is 25.3. The molecule has 0 aliphatic rings. The summed E-state index contributed by atoms with van der Waals surface area (Å²) in [5, 5.41) is 13.7. The van der Waals surface area contributed by atoms with Crippen LogP contribution in [0.25, 0.3) is 11.0 Å². The Balaban J connectivity index is 1.67. The van der Waals surface area contributed by atoms with Crippen LogP contribution in [0.1, 0.15) is 22.0 Å². The number of ether oxygens (including phenoxy) is 1. The average Bonchev–Trinajstić information content (AvgIpc) is 3.06. The number of benzene rings is 3. The fourth-order valence-electron chi connectivity index (χ4n) is 3.66. The van der Waals surface area contributed by atoms with Crippen molar-refractivity contribution >= 4 is 66.1 Å². The van der Waals surface area contributed by atoms with Crippen LogP contribution in [0, 0.1) is 10.1 Å². The molecule has 0 saturated carbocycles. The molecule has 1 amide bonds. The SMILES string of the molecule is Cn1c(=O)n(C)c2cc(C(=O)OC(C(=O)Nc3ccc([N+](=O)[O-])cc3Br)c3ccccc3)c(Br)cc21. The second kappa shape index (κ2) is 10.1. The van der Waals surface area contributed by atoms with E-state index in [4.69, 9.17) is 4.74 Å². The molecule has 10 nitrogen and oxygen atoms in total. The second-order valence-corrected chi connectivity index (χ2v) is 9.54. The smallest absolute Gasteiger partial charge is 0.340 e. The lowest BCUT2D eigenvalue weighted by atomic mass is 10.1. The number of hydrogen-bond donors (Lipinski definition) is 1. The van der Waals surface area contributed by atoms with Crippen molar-refractivity contribution in [1.82, 2.24) is 9.13 Å². The maximum Gasteiger partial charge on any atom is 0.340 e. The van der Waals surface area contributed by atoms with E-state index in [2.05, 4.69) is 37.2 Å². The molecule has 0 aliphatic heterocycles. The van der Waals surface area contributed by atoms with E-state index >= 15 is 0 Å². The predicted molar refractivity (Wildman–Crippen MR) is 140 cm³/mol. The number of hydrogen-bond acceptors (Lipinski definition) is 6. The first-order valence-electron chi connectivity index (χ1n) is 10.4. The molecule has 0 radical (unpaired) electrons. The van der Waals surface area contributed by atoms with Crippen LogP contribution < -0.4 is 11.0 Å². The van der Waals surface area contributed by atoms with E-state index in [-0.39, 0.29) is 22.6 Å². The Morgan fingerprint density at radius 2 is 1.61 bits per heavy atom. The number of nitrogens with one attached hydrogen (secondary N) is 1. The van der Waals surface area contributed by atoms with Crippen LogP contribution in [0.5, 0.6) is 0 Å². The molecule has 12 heteroatoms. The fourth-order valence-corrected chi connectivity index (χ4v) is 4.62. The molecule has 184 valence electrons. The third kappa shape index (κ3) is 4.82. The third-order valence-electron chi connectivity index (χ3n) is 5.57. The Kier molecular flexibility index (Phi) is 7.09. The Labute approximate surface area is 220 Å². The number of imidazole rings is 1. The van der Waals surface area contributed by atoms with E-state index in [0.717, 1.165) is 0 Å². The molecule has 1 aromatic heterocycles. The van der Waals surface area contributed by atoms with E-state index in [1.165, 1.54) is 33.4 Å². The van der Waals surface area contributed by atoms with Gasteiger partial charge in [-0.1, -0.05) is 30.3 Å². The minimum atomic E-state index is -1.33. The maximum absolute atomic E-state index is 13.2. The molecule has 3 aromatic carbocycles. The Morgan fingerprint density at radius 1 is 0.972 bits per heavy atom. The monoisotopic (exact) mass is 616 g/mol. The summed E-state index contributed by atoms with van der Waals surface area (Å²) in [7, 11) is 3.22. The molecule has 4 aromatic rings. The average molecular weight is 618 g/mol. The zero-order valence-electron chi connectivity index (χ0n) is 18.9. The molecule has 1 atom stereocenters. The van der Waals surface area contributed by atoms with Crippen LogP contribution in [0.4, 0.5) is 11.4 Å². The van der Waals surface area contributed by atoms with Crippen molar-refractivity contribution in [2.24, 2.45) is 14.1 Å². The van der Waals surface area contributed by atoms with Gasteiger partial charge in [0.15, 0.2) is 0 Å². The summed E-state index contributed by atoms with van der Waals surface area (Å²) in [5.41, 5.74) is 1.56. The van der Waals surface area contributed by atoms with Gasteiger partial charge < -0.3 is 10.1 Å². The number of carbonyl (C=O) groups is 2. The molecule has 4 rings (SSSR count). The van der Waals surface area contributed by atoms with Gasteiger partial charge in [0, 0.05) is 40.7 Å². The number of nitro benzene ring substituents is 1. The summed E-state index contributed by atoms with van der Waals surface area (Å²) in [6.07, 6.45) is -1.33. The van der Waals surface area contributed by atoms with Gasteiger partial charge in [0.05, 0.1) is 27.2 Å². The van der Waals surface area contributed by atoms with Crippen molar-refractivity contribution in [2.75, 3.05) is 5.32 Å². The van der Waals surface area contributed by atoms with Gasteiger partial charge in [-0.25, -0.2) is 9.59 Å². The van der Waals surface area contributed by atoms with Gasteiger partial charge in [-0.2, -0.15) is 0 Å². The Hall–Kier alpha value is -3.77. The molecule has 0 saturated heterocycles. The van der Waals surface area contributed by atoms with E-state index in [9.17, 15) is 24.5 Å². The topological polar surface area (TPSA) is 125 Å². The number of nitro groups is 1. The molecule has 0 aliphatic carbocycles. The lowest BCUT2D eigenvalue weighted by Gasteiger charge is -2.19. The second-order valence-electron chi connectivity index (χ2n) is 7.83. The van der Waals surface area contributed by atoms with Crippen molar-refractivity contribution < 1.29 is 19.2 Å². The van der Waals surface area contributed by atoms with Crippen LogP contribution in [0.2, 0.25) is 0 Å². The first-order chi connectivity index (χ1) is 17.1. The molecule has 0 spiro atoms. The van der Waals surface area contributed by atoms with Gasteiger partial charge >= 0.3 is 11.7 Å². The molecule has 0 fully saturated rings. The molecule has 1 unspecified atom stereocenters. The van der Waals surface area contributed by atoms with Crippen LogP contribution in [-0.4, -0.2) is 25.9 Å². The summed E-state index contributed by atoms with van der Waals surface area (Å²) in [6, 6.07) is 15.5. The number of aromatic nitrogens is 2. The molecule has 0 bridgehead atoms. The molecule has 36 heavy (non-hydrogen) atoms. The van der Waals surface area contributed by atoms with Gasteiger partial charge in [-0.05, 0) is 50.1 Å². The van der Waals surface area contributed by atoms with E-state index in [1.807, 2.05) is 0 Å². The van der Waals surface area contributed by atoms with Crippen molar-refractivity contribution in [2.45, 2.75) is 6.10 Å². The zero-order chi connectivity index (χ0) is 26.1. The van der Waals surface area contributed by atoms with Crippen molar-refractivity contribution in [1.29, 1.82) is 0 Å². The van der Waals surface area contributed by atoms with Crippen molar-refractivity contribution in [3.05, 3.63) is 101 Å². The minimum Gasteiger partial charge on any atom is -0.444 e. The summed E-state index contributed by atoms with van der Waals surface area (Å²) in [5.74, 6) is -1.44. The van der Waals surface area contributed by atoms with Crippen LogP contribution >= 0.6 is 31.9 Å². The first-order valence-corrected chi connectivity index (χ1v) is 12.0. The summed E-state index contributed by atoms with van der Waals surface area (Å²) in [6.45, 7) is 0. The molecule has 1 heterocycles. The van der Waals surface area contributed by atoms with Crippen molar-refractivity contribution in [3.63, 3.8) is 0 Å². The van der Waals surface area contributed by atoms with E-state index in [0.29, 0.717) is 25.5 Å². The van der Waals surface area contributed by atoms with E-state index < -0.39 is 22.9 Å². The standard InChI is InChI=1S/C24H18Br2N4O6/c1-28-19-11-15(16(25)12-20(19)29(2)24(28)33)23(32)36-21(13-6-4-3-5-7-13)22(31)27-18-9-8-14(30(34)35)10-17(18)26/h3-12,21H,1-2H3,(H,27,31). The number of nitrogens with zero attached hydrogens (tertiary/aromatic N) is 3. The number of anilines is 1. The number of carbonyl (C=O) groups excluding carboxylic acids is 2. The third-order valence-corrected chi connectivity index (χ3v) is 6.88. The summed E-state index contributed by atoms with van der Waals surface area (Å²) < 4.78 is 9.22. The summed E-state index contributed by atoms with van der Waals surface area (Å²) >= 11 is 6.58. The van der Waals surface area contributed by atoms with Gasteiger partial charge in [0.1, 0.15) is 0 Å². The zero-order valence-corrected chi connectivity index (χ0v) is 22.1. The minimum absolute atomic E-state index is 0.133. The number of aryl methyl sites for hydroxylation is 2. The van der Waals surface area contributed by atoms with Gasteiger partial charge in [0.2, 0.25) is 6.10 Å². The van der Waals surface area contributed by atoms with Crippen molar-refractivity contribution in [3.8, 4) is 0 Å². The number of fused-ring (bicyclic) bond motifs is 1. The lowest BCUT2D eigenvalue weighted by molar-refractivity contribution is -0.384. The van der Waals surface area contributed by atoms with Crippen LogP contribution in [0.15, 0.2) is 74.4 Å².